The highest BCUT2D eigenvalue weighted by atomic mass is 79.9. The molecule has 0 amide bonds. The molecule has 14 heavy (non-hydrogen) atoms. The van der Waals surface area contributed by atoms with Gasteiger partial charge in [0.15, 0.2) is 0 Å². The van der Waals surface area contributed by atoms with Crippen LogP contribution in [-0.4, -0.2) is 19.8 Å². The van der Waals surface area contributed by atoms with Crippen molar-refractivity contribution >= 4 is 28.3 Å². The second kappa shape index (κ2) is 7.21. The van der Waals surface area contributed by atoms with Gasteiger partial charge in [-0.2, -0.15) is 0 Å². The third kappa shape index (κ3) is 4.40. The second-order valence-electron chi connectivity index (χ2n) is 2.95. The van der Waals surface area contributed by atoms with Crippen molar-refractivity contribution in [1.82, 2.24) is 5.32 Å². The predicted octanol–water partition coefficient (Wildman–Crippen LogP) is 2.97. The molecule has 0 heterocycles. The van der Waals surface area contributed by atoms with Gasteiger partial charge in [0.25, 0.3) is 0 Å². The molecule has 0 saturated heterocycles. The zero-order chi connectivity index (χ0) is 9.68. The van der Waals surface area contributed by atoms with E-state index in [0.717, 1.165) is 10.0 Å². The van der Waals surface area contributed by atoms with Gasteiger partial charge >= 0.3 is 0 Å². The lowest BCUT2D eigenvalue weighted by molar-refractivity contribution is 0.324. The van der Waals surface area contributed by atoms with Crippen LogP contribution in [0.5, 0.6) is 0 Å². The number of rotatable bonds is 4. The highest BCUT2D eigenvalue weighted by Gasteiger charge is 2.07. The fourth-order valence-corrected chi connectivity index (χ4v) is 1.64. The molecule has 0 fully saturated rings. The zero-order valence-electron chi connectivity index (χ0n) is 7.97. The number of halogens is 3. The van der Waals surface area contributed by atoms with Crippen molar-refractivity contribution in [3.63, 3.8) is 0 Å². The first-order chi connectivity index (χ1) is 6.24. The first-order valence-corrected chi connectivity index (χ1v) is 5.05. The van der Waals surface area contributed by atoms with Crippen molar-refractivity contribution in [3.8, 4) is 0 Å². The Bertz CT molecular complexity index is 270. The van der Waals surface area contributed by atoms with E-state index in [4.69, 9.17) is 0 Å². The van der Waals surface area contributed by atoms with Crippen LogP contribution < -0.4 is 5.32 Å². The van der Waals surface area contributed by atoms with Gasteiger partial charge in [-0.1, -0.05) is 34.1 Å². The van der Waals surface area contributed by atoms with Gasteiger partial charge in [0.1, 0.15) is 6.17 Å². The average molecular weight is 283 g/mol. The van der Waals surface area contributed by atoms with Gasteiger partial charge in [0.2, 0.25) is 0 Å². The predicted molar refractivity (Wildman–Crippen MR) is 63.9 cm³/mol. The lowest BCUT2D eigenvalue weighted by atomic mass is 10.1. The molecule has 80 valence electrons. The molecule has 0 bridgehead atoms. The summed E-state index contributed by atoms with van der Waals surface area (Å²) in [6.07, 6.45) is -0.355. The van der Waals surface area contributed by atoms with E-state index >= 15 is 0 Å². The van der Waals surface area contributed by atoms with Crippen LogP contribution in [0.3, 0.4) is 0 Å². The molecule has 0 aliphatic rings. The standard InChI is InChI=1S/C10H13BrFN.ClH/c1-13-7-9(12)6-8-4-2-3-5-10(8)11;/h2-5,9,13H,6-7H2,1H3;1H. The number of nitrogens with one attached hydrogen (secondary N) is 1. The molecular weight excluding hydrogens is 268 g/mol. The normalized spacial score (nSPS) is 11.9. The Balaban J connectivity index is 0.00000169. The zero-order valence-corrected chi connectivity index (χ0v) is 10.4. The largest absolute Gasteiger partial charge is 0.317 e. The molecule has 1 nitrogen and oxygen atoms in total. The maximum atomic E-state index is 13.2. The van der Waals surface area contributed by atoms with Crippen LogP contribution in [0.1, 0.15) is 5.56 Å². The molecule has 0 aromatic heterocycles. The molecule has 1 aromatic carbocycles. The molecule has 4 heteroatoms. The Hall–Kier alpha value is -0.120. The Morgan fingerprint density at radius 1 is 1.43 bits per heavy atom. The van der Waals surface area contributed by atoms with Gasteiger partial charge in [-0.15, -0.1) is 12.4 Å². The number of hydrogen-bond donors (Lipinski definition) is 1. The van der Waals surface area contributed by atoms with E-state index < -0.39 is 6.17 Å². The van der Waals surface area contributed by atoms with Crippen molar-refractivity contribution in [2.45, 2.75) is 12.6 Å². The van der Waals surface area contributed by atoms with Gasteiger partial charge in [0, 0.05) is 17.4 Å². The summed E-state index contributed by atoms with van der Waals surface area (Å²) < 4.78 is 14.2. The van der Waals surface area contributed by atoms with Crippen molar-refractivity contribution < 1.29 is 4.39 Å². The molecule has 0 aliphatic carbocycles. The molecule has 0 spiro atoms. The third-order valence-corrected chi connectivity index (χ3v) is 2.60. The summed E-state index contributed by atoms with van der Waals surface area (Å²) in [5, 5.41) is 2.82. The quantitative estimate of drug-likeness (QED) is 0.895. The van der Waals surface area contributed by atoms with Crippen LogP contribution in [0.15, 0.2) is 28.7 Å². The average Bonchev–Trinajstić information content (AvgIpc) is 2.09. The Morgan fingerprint density at radius 3 is 2.64 bits per heavy atom. The second-order valence-corrected chi connectivity index (χ2v) is 3.80. The summed E-state index contributed by atoms with van der Waals surface area (Å²) in [5.41, 5.74) is 1.02. The summed E-state index contributed by atoms with van der Waals surface area (Å²) >= 11 is 3.39. The van der Waals surface area contributed by atoms with Crippen molar-refractivity contribution in [2.24, 2.45) is 0 Å². The maximum absolute atomic E-state index is 13.2. The SMILES string of the molecule is CNCC(F)Cc1ccccc1Br.Cl. The Labute approximate surface area is 98.6 Å². The van der Waals surface area contributed by atoms with E-state index in [1.165, 1.54) is 0 Å². The molecule has 0 saturated carbocycles. The minimum Gasteiger partial charge on any atom is -0.317 e. The van der Waals surface area contributed by atoms with E-state index in [9.17, 15) is 4.39 Å². The molecule has 1 aromatic rings. The van der Waals surface area contributed by atoms with Gasteiger partial charge in [-0.25, -0.2) is 4.39 Å². The molecule has 0 radical (unpaired) electrons. The summed E-state index contributed by atoms with van der Waals surface area (Å²) in [6, 6.07) is 7.72. The van der Waals surface area contributed by atoms with Crippen molar-refractivity contribution in [2.75, 3.05) is 13.6 Å². The molecular formula is C10H14BrClFN. The summed E-state index contributed by atoms with van der Waals surface area (Å²) in [4.78, 5) is 0. The van der Waals surface area contributed by atoms with Crippen LogP contribution >= 0.6 is 28.3 Å². The highest BCUT2D eigenvalue weighted by molar-refractivity contribution is 9.10. The van der Waals surface area contributed by atoms with Crippen molar-refractivity contribution in [1.29, 1.82) is 0 Å². The molecule has 1 atom stereocenters. The molecule has 0 aliphatic heterocycles. The highest BCUT2D eigenvalue weighted by Crippen LogP contribution is 2.18. The van der Waals surface area contributed by atoms with Gasteiger partial charge in [-0.3, -0.25) is 0 Å². The Kier molecular flexibility index (Phi) is 7.15. The first-order valence-electron chi connectivity index (χ1n) is 4.26. The lowest BCUT2D eigenvalue weighted by Crippen LogP contribution is -2.21. The van der Waals surface area contributed by atoms with Crippen LogP contribution in [0.4, 0.5) is 4.39 Å². The molecule has 1 N–H and O–H groups in total. The number of benzene rings is 1. The molecule has 1 unspecified atom stereocenters. The van der Waals surface area contributed by atoms with Crippen LogP contribution in [0, 0.1) is 0 Å². The minimum atomic E-state index is -0.816. The Morgan fingerprint density at radius 2 is 2.07 bits per heavy atom. The topological polar surface area (TPSA) is 12.0 Å². The van der Waals surface area contributed by atoms with Gasteiger partial charge in [-0.05, 0) is 18.7 Å². The summed E-state index contributed by atoms with van der Waals surface area (Å²) in [6.45, 7) is 0.404. The smallest absolute Gasteiger partial charge is 0.117 e. The molecule has 1 rings (SSSR count). The third-order valence-electron chi connectivity index (χ3n) is 1.82. The lowest BCUT2D eigenvalue weighted by Gasteiger charge is -2.08. The van der Waals surface area contributed by atoms with Crippen LogP contribution in [0.2, 0.25) is 0 Å². The van der Waals surface area contributed by atoms with Crippen LogP contribution in [-0.2, 0) is 6.42 Å². The van der Waals surface area contributed by atoms with Crippen LogP contribution in [0.25, 0.3) is 0 Å². The number of alkyl halides is 1. The number of hydrogen-bond acceptors (Lipinski definition) is 1. The maximum Gasteiger partial charge on any atom is 0.117 e. The van der Waals surface area contributed by atoms with Crippen molar-refractivity contribution in [3.05, 3.63) is 34.3 Å². The minimum absolute atomic E-state index is 0. The van der Waals surface area contributed by atoms with Gasteiger partial charge < -0.3 is 5.32 Å². The fraction of sp³-hybridized carbons (Fsp3) is 0.400. The van der Waals surface area contributed by atoms with Gasteiger partial charge in [0.05, 0.1) is 0 Å². The van der Waals surface area contributed by atoms with E-state index in [-0.39, 0.29) is 12.4 Å². The first kappa shape index (κ1) is 13.9. The monoisotopic (exact) mass is 281 g/mol. The van der Waals surface area contributed by atoms with E-state index in [2.05, 4.69) is 21.2 Å². The summed E-state index contributed by atoms with van der Waals surface area (Å²) in [5.74, 6) is 0. The fourth-order valence-electron chi connectivity index (χ4n) is 1.20. The van der Waals surface area contributed by atoms with E-state index in [1.807, 2.05) is 24.3 Å². The summed E-state index contributed by atoms with van der Waals surface area (Å²) in [7, 11) is 1.76. The van der Waals surface area contributed by atoms with E-state index in [0.29, 0.717) is 13.0 Å². The van der Waals surface area contributed by atoms with E-state index in [1.54, 1.807) is 7.05 Å².